The van der Waals surface area contributed by atoms with Crippen molar-refractivity contribution >= 4 is 39.5 Å². The van der Waals surface area contributed by atoms with Crippen LogP contribution in [0.2, 0.25) is 0 Å². The maximum Gasteiger partial charge on any atom is 0.472 e. The molecule has 0 aromatic rings. The van der Waals surface area contributed by atoms with E-state index in [1.54, 1.807) is 0 Å². The number of rotatable bonds is 70. The van der Waals surface area contributed by atoms with Crippen molar-refractivity contribution in [2.24, 2.45) is 23.7 Å². The van der Waals surface area contributed by atoms with Crippen LogP contribution >= 0.6 is 15.6 Å². The van der Waals surface area contributed by atoms with E-state index in [1.807, 2.05) is 0 Å². The lowest BCUT2D eigenvalue weighted by Gasteiger charge is -2.21. The molecule has 0 aliphatic carbocycles. The van der Waals surface area contributed by atoms with Gasteiger partial charge in [-0.3, -0.25) is 37.3 Å². The van der Waals surface area contributed by atoms with E-state index in [0.717, 1.165) is 114 Å². The van der Waals surface area contributed by atoms with Gasteiger partial charge in [0.1, 0.15) is 19.3 Å². The van der Waals surface area contributed by atoms with Gasteiger partial charge in [0.25, 0.3) is 0 Å². The number of carbonyl (C=O) groups is 4. The molecule has 3 unspecified atom stereocenters. The zero-order valence-electron chi connectivity index (χ0n) is 60.2. The van der Waals surface area contributed by atoms with Crippen LogP contribution in [-0.4, -0.2) is 96.7 Å². The predicted molar refractivity (Wildman–Crippen MR) is 372 cm³/mol. The number of hydrogen-bond acceptors (Lipinski definition) is 15. The first kappa shape index (κ1) is 90.1. The Hall–Kier alpha value is -1.94. The molecule has 6 atom stereocenters. The summed E-state index contributed by atoms with van der Waals surface area (Å²) in [6.07, 6.45) is 46.0. The molecule has 17 nitrogen and oxygen atoms in total. The van der Waals surface area contributed by atoms with Crippen LogP contribution in [0, 0.1) is 23.7 Å². The molecular weight excluding hydrogens is 1210 g/mol. The summed E-state index contributed by atoms with van der Waals surface area (Å²) in [4.78, 5) is 72.6. The maximum absolute atomic E-state index is 13.0. The van der Waals surface area contributed by atoms with Crippen LogP contribution in [0.15, 0.2) is 0 Å². The van der Waals surface area contributed by atoms with Gasteiger partial charge in [-0.1, -0.05) is 312 Å². The second-order valence-corrected chi connectivity index (χ2v) is 30.9. The van der Waals surface area contributed by atoms with Crippen LogP contribution in [0.1, 0.15) is 364 Å². The molecule has 0 aromatic carbocycles. The van der Waals surface area contributed by atoms with Gasteiger partial charge in [0.05, 0.1) is 26.4 Å². The monoisotopic (exact) mass is 1350 g/mol. The quantitative estimate of drug-likeness (QED) is 0.0222. The van der Waals surface area contributed by atoms with E-state index in [1.165, 1.54) is 161 Å². The van der Waals surface area contributed by atoms with Crippen molar-refractivity contribution in [3.05, 3.63) is 0 Å². The first-order chi connectivity index (χ1) is 44.1. The fourth-order valence-corrected chi connectivity index (χ4v) is 12.6. The number of esters is 4. The lowest BCUT2D eigenvalue weighted by Crippen LogP contribution is -2.30. The molecule has 0 fully saturated rings. The highest BCUT2D eigenvalue weighted by Gasteiger charge is 2.30. The molecule has 0 amide bonds. The van der Waals surface area contributed by atoms with Crippen molar-refractivity contribution in [3.8, 4) is 0 Å². The van der Waals surface area contributed by atoms with E-state index in [4.69, 9.17) is 37.0 Å². The van der Waals surface area contributed by atoms with E-state index in [-0.39, 0.29) is 25.7 Å². The van der Waals surface area contributed by atoms with Crippen LogP contribution in [0.3, 0.4) is 0 Å². The van der Waals surface area contributed by atoms with Crippen LogP contribution in [0.25, 0.3) is 0 Å². The minimum Gasteiger partial charge on any atom is -0.462 e. The Morgan fingerprint density at radius 1 is 0.304 bits per heavy atom. The first-order valence-electron chi connectivity index (χ1n) is 37.7. The number of carbonyl (C=O) groups excluding carboxylic acids is 4. The highest BCUT2D eigenvalue weighted by atomic mass is 31.2. The number of aliphatic hydroxyl groups is 1. The van der Waals surface area contributed by atoms with Crippen molar-refractivity contribution < 1.29 is 80.2 Å². The van der Waals surface area contributed by atoms with Crippen molar-refractivity contribution in [1.82, 2.24) is 0 Å². The lowest BCUT2D eigenvalue weighted by atomic mass is 10.00. The second kappa shape index (κ2) is 62.6. The van der Waals surface area contributed by atoms with Gasteiger partial charge in [-0.05, 0) is 49.4 Å². The van der Waals surface area contributed by atoms with Crippen molar-refractivity contribution in [2.75, 3.05) is 39.6 Å². The number of ether oxygens (including phenoxy) is 4. The predicted octanol–water partition coefficient (Wildman–Crippen LogP) is 20.9. The Balaban J connectivity index is 5.21. The largest absolute Gasteiger partial charge is 0.472 e. The number of phosphoric ester groups is 2. The van der Waals surface area contributed by atoms with Crippen molar-refractivity contribution in [2.45, 2.75) is 382 Å². The van der Waals surface area contributed by atoms with Gasteiger partial charge in [-0.15, -0.1) is 0 Å². The first-order valence-corrected chi connectivity index (χ1v) is 40.7. The van der Waals surface area contributed by atoms with E-state index in [9.17, 15) is 43.2 Å². The molecule has 92 heavy (non-hydrogen) atoms. The van der Waals surface area contributed by atoms with Gasteiger partial charge < -0.3 is 33.8 Å². The molecule has 0 heterocycles. The Labute approximate surface area is 562 Å². The Morgan fingerprint density at radius 2 is 0.522 bits per heavy atom. The van der Waals surface area contributed by atoms with Crippen molar-refractivity contribution in [1.29, 1.82) is 0 Å². The molecule has 0 aliphatic rings. The number of aliphatic hydroxyl groups excluding tert-OH is 1. The number of phosphoric acid groups is 2. The highest BCUT2D eigenvalue weighted by Crippen LogP contribution is 2.45. The highest BCUT2D eigenvalue weighted by molar-refractivity contribution is 7.47. The van der Waals surface area contributed by atoms with Gasteiger partial charge in [0, 0.05) is 25.7 Å². The van der Waals surface area contributed by atoms with Gasteiger partial charge in [-0.25, -0.2) is 9.13 Å². The smallest absolute Gasteiger partial charge is 0.462 e. The normalized spacial score (nSPS) is 14.5. The van der Waals surface area contributed by atoms with Crippen LogP contribution < -0.4 is 0 Å². The summed E-state index contributed by atoms with van der Waals surface area (Å²) in [6.45, 7) is 14.1. The lowest BCUT2D eigenvalue weighted by molar-refractivity contribution is -0.161. The Bertz CT molecular complexity index is 1820. The SMILES string of the molecule is CCC(C)CCCCCCCCC(=O)OC[C@H](COP(=O)(O)OC[C@H](O)COP(=O)(O)OC[C@@H](COC(=O)CCCCCCCCCCCCCC(C)C)OC(=O)CCCCCCCCCC(C)C)OC(=O)CCCCCCCCCCCCCCCCCC(C)C. The summed E-state index contributed by atoms with van der Waals surface area (Å²) < 4.78 is 68.4. The van der Waals surface area contributed by atoms with Gasteiger partial charge in [0.2, 0.25) is 0 Å². The molecule has 19 heteroatoms. The summed E-state index contributed by atoms with van der Waals surface area (Å²) in [5.74, 6) is 0.872. The van der Waals surface area contributed by atoms with Crippen LogP contribution in [-0.2, 0) is 65.4 Å². The molecule has 0 saturated carbocycles. The minimum atomic E-state index is -4.95. The summed E-state index contributed by atoms with van der Waals surface area (Å²) in [5, 5.41) is 10.6. The van der Waals surface area contributed by atoms with E-state index in [2.05, 4.69) is 55.4 Å². The van der Waals surface area contributed by atoms with Gasteiger partial charge >= 0.3 is 39.5 Å². The molecule has 546 valence electrons. The third-order valence-corrected chi connectivity index (χ3v) is 19.1. The van der Waals surface area contributed by atoms with E-state index >= 15 is 0 Å². The average Bonchev–Trinajstić information content (AvgIpc) is 3.39. The molecule has 0 radical (unpaired) electrons. The minimum absolute atomic E-state index is 0.103. The van der Waals surface area contributed by atoms with Gasteiger partial charge in [0.15, 0.2) is 12.2 Å². The molecule has 0 rings (SSSR count). The zero-order valence-corrected chi connectivity index (χ0v) is 62.0. The Morgan fingerprint density at radius 3 is 0.772 bits per heavy atom. The van der Waals surface area contributed by atoms with Crippen LogP contribution in [0.5, 0.6) is 0 Å². The second-order valence-electron chi connectivity index (χ2n) is 28.0. The van der Waals surface area contributed by atoms with Crippen LogP contribution in [0.4, 0.5) is 0 Å². The Kier molecular flexibility index (Phi) is 61.3. The van der Waals surface area contributed by atoms with E-state index in [0.29, 0.717) is 31.6 Å². The molecule has 3 N–H and O–H groups in total. The fraction of sp³-hybridized carbons (Fsp3) is 0.945. The topological polar surface area (TPSA) is 237 Å². The standard InChI is InChI=1S/C73H142O17P2/c1-9-66(8)52-44-36-31-32-38-46-54-71(76)84-60-69(89-72(77)55-47-39-29-23-18-14-12-10-11-13-16-20-25-33-41-49-63(2)3)62-88-92(81,82)86-58-67(74)57-85-91(79,80)87-61-68(90-73(78)56-48-40-30-24-27-35-43-51-65(6)7)59-83-70(75)53-45-37-28-22-19-15-17-21-26-34-42-50-64(4)5/h63-69,74H,9-62H2,1-8H3,(H,79,80)(H,81,82)/t66?,67-,68-,69-/m1/s1. The number of hydrogen-bond donors (Lipinski definition) is 3. The molecule has 0 aromatic heterocycles. The summed E-state index contributed by atoms with van der Waals surface area (Å²) in [7, 11) is -9.91. The third kappa shape index (κ3) is 65.4. The van der Waals surface area contributed by atoms with Gasteiger partial charge in [-0.2, -0.15) is 0 Å². The van der Waals surface area contributed by atoms with E-state index < -0.39 is 97.5 Å². The third-order valence-electron chi connectivity index (χ3n) is 17.2. The molecule has 0 saturated heterocycles. The summed E-state index contributed by atoms with van der Waals surface area (Å²) >= 11 is 0. The van der Waals surface area contributed by atoms with Crippen molar-refractivity contribution in [3.63, 3.8) is 0 Å². The molecule has 0 spiro atoms. The number of unbranched alkanes of at least 4 members (excludes halogenated alkanes) is 35. The fourth-order valence-electron chi connectivity index (χ4n) is 11.0. The average molecular weight is 1350 g/mol. The molecular formula is C73H142O17P2. The molecule has 0 aliphatic heterocycles. The maximum atomic E-state index is 13.0. The summed E-state index contributed by atoms with van der Waals surface area (Å²) in [6, 6.07) is 0. The molecule has 0 bridgehead atoms. The summed E-state index contributed by atoms with van der Waals surface area (Å²) in [5.41, 5.74) is 0. The zero-order chi connectivity index (χ0) is 68.2.